The van der Waals surface area contributed by atoms with Crippen LogP contribution in [-0.2, 0) is 4.79 Å². The zero-order valence-corrected chi connectivity index (χ0v) is 13.0. The van der Waals surface area contributed by atoms with E-state index in [0.717, 1.165) is 0 Å². The summed E-state index contributed by atoms with van der Waals surface area (Å²) >= 11 is 4.67. The van der Waals surface area contributed by atoms with Crippen molar-refractivity contribution < 1.29 is 4.79 Å². The molecule has 1 amide bonds. The lowest BCUT2D eigenvalue weighted by molar-refractivity contribution is -0.119. The summed E-state index contributed by atoms with van der Waals surface area (Å²) in [7, 11) is 0. The van der Waals surface area contributed by atoms with E-state index in [9.17, 15) is 4.79 Å². The second-order valence-electron chi connectivity index (χ2n) is 4.59. The molecule has 0 aliphatic rings. The van der Waals surface area contributed by atoms with Crippen molar-refractivity contribution in [2.45, 2.75) is 6.04 Å². The fraction of sp³-hybridized carbons (Fsp3) is 0.0625. The molecule has 116 valence electrons. The summed E-state index contributed by atoms with van der Waals surface area (Å²) in [5.41, 5.74) is 6.50. The van der Waals surface area contributed by atoms with Gasteiger partial charge < -0.3 is 16.5 Å². The highest BCUT2D eigenvalue weighted by Crippen LogP contribution is 2.13. The third kappa shape index (κ3) is 4.79. The highest BCUT2D eigenvalue weighted by atomic mass is 32.1. The molecule has 1 atom stereocenters. The number of carbonyl (C=O) groups excluding carboxylic acids is 1. The molecule has 6 nitrogen and oxygen atoms in total. The van der Waals surface area contributed by atoms with Gasteiger partial charge in [-0.1, -0.05) is 48.5 Å². The van der Waals surface area contributed by atoms with E-state index in [-0.39, 0.29) is 10.8 Å². The molecular weight excluding hydrogens is 310 g/mol. The summed E-state index contributed by atoms with van der Waals surface area (Å²) in [5, 5.41) is 18.4. The van der Waals surface area contributed by atoms with Crippen LogP contribution in [0.2, 0.25) is 0 Å². The number of thiocarbonyl (C=S) groups is 1. The quantitative estimate of drug-likeness (QED) is 0.447. The van der Waals surface area contributed by atoms with Crippen molar-refractivity contribution in [2.24, 2.45) is 16.0 Å². The molecule has 0 bridgehead atoms. The number of amides is 1. The van der Waals surface area contributed by atoms with E-state index in [1.807, 2.05) is 12.1 Å². The smallest absolute Gasteiger partial charge is 0.259 e. The Balaban J connectivity index is 2.28. The normalized spacial score (nSPS) is 11.8. The molecule has 7 heteroatoms. The van der Waals surface area contributed by atoms with Crippen LogP contribution in [0.15, 0.2) is 70.9 Å². The monoisotopic (exact) mass is 325 g/mol. The van der Waals surface area contributed by atoms with Gasteiger partial charge in [-0.05, 0) is 29.9 Å². The van der Waals surface area contributed by atoms with Gasteiger partial charge in [-0.25, -0.2) is 0 Å². The molecular formula is C16H15N5OS. The number of nitrogens with two attached hydrogens (primary N) is 1. The number of azo groups is 1. The van der Waals surface area contributed by atoms with Crippen molar-refractivity contribution >= 4 is 34.6 Å². The van der Waals surface area contributed by atoms with Crippen LogP contribution in [0.1, 0.15) is 5.56 Å². The van der Waals surface area contributed by atoms with Gasteiger partial charge >= 0.3 is 0 Å². The maximum absolute atomic E-state index is 12.2. The van der Waals surface area contributed by atoms with Crippen LogP contribution in [0, 0.1) is 5.41 Å². The molecule has 0 saturated heterocycles. The molecule has 2 rings (SSSR count). The summed E-state index contributed by atoms with van der Waals surface area (Å²) in [6, 6.07) is 16.6. The van der Waals surface area contributed by atoms with Gasteiger partial charge in [-0.3, -0.25) is 4.79 Å². The Morgan fingerprint density at radius 1 is 1.09 bits per heavy atom. The van der Waals surface area contributed by atoms with Crippen molar-refractivity contribution in [3.8, 4) is 0 Å². The van der Waals surface area contributed by atoms with Gasteiger partial charge in [0.1, 0.15) is 0 Å². The molecule has 0 aliphatic carbocycles. The van der Waals surface area contributed by atoms with Crippen molar-refractivity contribution in [2.75, 3.05) is 0 Å². The van der Waals surface area contributed by atoms with Crippen LogP contribution in [0.25, 0.3) is 0 Å². The first-order chi connectivity index (χ1) is 11.1. The second-order valence-corrected chi connectivity index (χ2v) is 5.03. The summed E-state index contributed by atoms with van der Waals surface area (Å²) in [5.74, 6) is -0.592. The zero-order valence-electron chi connectivity index (χ0n) is 12.1. The minimum Gasteiger partial charge on any atom is -0.376 e. The molecule has 2 aromatic rings. The van der Waals surface area contributed by atoms with Gasteiger partial charge in [0, 0.05) is 0 Å². The number of hydrogen-bond donors (Lipinski definition) is 3. The van der Waals surface area contributed by atoms with Crippen LogP contribution < -0.4 is 11.1 Å². The lowest BCUT2D eigenvalue weighted by atomic mass is 10.0. The molecule has 0 saturated carbocycles. The maximum atomic E-state index is 12.2. The molecule has 0 fully saturated rings. The standard InChI is InChI=1S/C16H15N5OS/c17-13(11-7-3-1-4-8-11)14(15(22)19-16(18)23)21-20-12-9-5-2-6-10-12/h1-10,14,17H,(H3,18,19,22,23). The Labute approximate surface area is 138 Å². The van der Waals surface area contributed by atoms with Gasteiger partial charge in [0.15, 0.2) is 11.2 Å². The Morgan fingerprint density at radius 3 is 2.22 bits per heavy atom. The molecule has 0 radical (unpaired) electrons. The third-order valence-corrected chi connectivity index (χ3v) is 3.00. The van der Waals surface area contributed by atoms with Crippen LogP contribution in [0.5, 0.6) is 0 Å². The van der Waals surface area contributed by atoms with Crippen molar-refractivity contribution in [1.29, 1.82) is 5.41 Å². The molecule has 2 aromatic carbocycles. The van der Waals surface area contributed by atoms with Crippen LogP contribution in [-0.4, -0.2) is 22.8 Å². The lowest BCUT2D eigenvalue weighted by Crippen LogP contribution is -2.43. The summed E-state index contributed by atoms with van der Waals surface area (Å²) in [6.45, 7) is 0. The van der Waals surface area contributed by atoms with E-state index >= 15 is 0 Å². The Morgan fingerprint density at radius 2 is 1.65 bits per heavy atom. The predicted octanol–water partition coefficient (Wildman–Crippen LogP) is 2.57. The summed E-state index contributed by atoms with van der Waals surface area (Å²) in [4.78, 5) is 12.2. The van der Waals surface area contributed by atoms with Crippen LogP contribution in [0.4, 0.5) is 5.69 Å². The number of nitrogens with one attached hydrogen (secondary N) is 2. The van der Waals surface area contributed by atoms with Gasteiger partial charge in [0.2, 0.25) is 0 Å². The van der Waals surface area contributed by atoms with Gasteiger partial charge in [0.25, 0.3) is 5.91 Å². The first kappa shape index (κ1) is 16.4. The average Bonchev–Trinajstić information content (AvgIpc) is 2.56. The molecule has 0 spiro atoms. The predicted molar refractivity (Wildman–Crippen MR) is 92.9 cm³/mol. The van der Waals surface area contributed by atoms with E-state index in [4.69, 9.17) is 11.1 Å². The van der Waals surface area contributed by atoms with Crippen molar-refractivity contribution in [3.63, 3.8) is 0 Å². The van der Waals surface area contributed by atoms with Crippen molar-refractivity contribution in [1.82, 2.24) is 5.32 Å². The number of carbonyl (C=O) groups is 1. The van der Waals surface area contributed by atoms with Crippen LogP contribution in [0.3, 0.4) is 0 Å². The van der Waals surface area contributed by atoms with E-state index in [1.165, 1.54) is 0 Å². The number of rotatable bonds is 5. The summed E-state index contributed by atoms with van der Waals surface area (Å²) in [6.07, 6.45) is 0. The Bertz CT molecular complexity index is 731. The average molecular weight is 325 g/mol. The van der Waals surface area contributed by atoms with Crippen molar-refractivity contribution in [3.05, 3.63) is 66.2 Å². The molecule has 1 unspecified atom stereocenters. The van der Waals surface area contributed by atoms with E-state index in [2.05, 4.69) is 27.8 Å². The van der Waals surface area contributed by atoms with Gasteiger partial charge in [-0.2, -0.15) is 10.2 Å². The van der Waals surface area contributed by atoms with E-state index in [1.54, 1.807) is 48.5 Å². The third-order valence-electron chi connectivity index (χ3n) is 2.90. The first-order valence-corrected chi connectivity index (χ1v) is 7.19. The molecule has 0 heterocycles. The SMILES string of the molecule is N=C(c1ccccc1)C(N=Nc1ccccc1)C(=O)NC(N)=S. The van der Waals surface area contributed by atoms with Gasteiger partial charge in [-0.15, -0.1) is 0 Å². The largest absolute Gasteiger partial charge is 0.376 e. The van der Waals surface area contributed by atoms with Gasteiger partial charge in [0.05, 0.1) is 11.4 Å². The highest BCUT2D eigenvalue weighted by molar-refractivity contribution is 7.80. The minimum absolute atomic E-state index is 0.0130. The fourth-order valence-corrected chi connectivity index (χ4v) is 1.93. The fourth-order valence-electron chi connectivity index (χ4n) is 1.83. The molecule has 4 N–H and O–H groups in total. The Hall–Kier alpha value is -2.93. The highest BCUT2D eigenvalue weighted by Gasteiger charge is 2.24. The number of hydrogen-bond acceptors (Lipinski definition) is 5. The molecule has 0 aliphatic heterocycles. The zero-order chi connectivity index (χ0) is 16.7. The second kappa shape index (κ2) is 7.90. The maximum Gasteiger partial charge on any atom is 0.259 e. The lowest BCUT2D eigenvalue weighted by Gasteiger charge is -2.12. The number of nitrogens with zero attached hydrogens (tertiary/aromatic N) is 2. The molecule has 0 aromatic heterocycles. The topological polar surface area (TPSA) is 104 Å². The summed E-state index contributed by atoms with van der Waals surface area (Å²) < 4.78 is 0. The number of benzene rings is 2. The first-order valence-electron chi connectivity index (χ1n) is 6.78. The Kier molecular flexibility index (Phi) is 5.65. The minimum atomic E-state index is -1.14. The van der Waals surface area contributed by atoms with E-state index in [0.29, 0.717) is 11.3 Å². The van der Waals surface area contributed by atoms with E-state index < -0.39 is 11.9 Å². The molecule has 23 heavy (non-hydrogen) atoms. The van der Waals surface area contributed by atoms with Crippen LogP contribution >= 0.6 is 12.2 Å².